The van der Waals surface area contributed by atoms with Crippen LogP contribution in [0.3, 0.4) is 0 Å². The average molecular weight is 623 g/mol. The monoisotopic (exact) mass is 623 g/mol. The minimum atomic E-state index is 0.940. The van der Waals surface area contributed by atoms with Gasteiger partial charge in [-0.2, -0.15) is 0 Å². The molecular weight excluding hydrogens is 544 g/mol. The number of allylic oxidation sites excluding steroid dienone is 2. The zero-order valence-corrected chi connectivity index (χ0v) is 30.7. The number of rotatable bonds is 22. The van der Waals surface area contributed by atoms with Crippen molar-refractivity contribution in [2.24, 2.45) is 35.5 Å². The van der Waals surface area contributed by atoms with Crippen LogP contribution in [0.1, 0.15) is 206 Å². The third-order valence-corrected chi connectivity index (χ3v) is 13.2. The van der Waals surface area contributed by atoms with Crippen LogP contribution in [0, 0.1) is 35.5 Å². The minimum absolute atomic E-state index is 0.940. The SMILES string of the molecule is CCCCCCC1CCC(CCC2CC=C(CCOCCC3=CCC(CCC4CCC(CCCCCC)CC4)CC3)CC2)CC1. The van der Waals surface area contributed by atoms with E-state index in [4.69, 9.17) is 4.74 Å². The van der Waals surface area contributed by atoms with Crippen molar-refractivity contribution in [3.05, 3.63) is 23.3 Å². The highest BCUT2D eigenvalue weighted by molar-refractivity contribution is 5.07. The molecule has 0 N–H and O–H groups in total. The maximum absolute atomic E-state index is 6.16. The Morgan fingerprint density at radius 2 is 0.822 bits per heavy atom. The quantitative estimate of drug-likeness (QED) is 0.0862. The molecule has 0 aromatic rings. The van der Waals surface area contributed by atoms with E-state index in [2.05, 4.69) is 26.0 Å². The van der Waals surface area contributed by atoms with E-state index in [-0.39, 0.29) is 0 Å². The maximum atomic E-state index is 6.16. The summed E-state index contributed by atoms with van der Waals surface area (Å²) in [7, 11) is 0. The fourth-order valence-corrected chi connectivity index (χ4v) is 9.65. The molecule has 0 aromatic heterocycles. The van der Waals surface area contributed by atoms with Gasteiger partial charge in [0, 0.05) is 0 Å². The predicted molar refractivity (Wildman–Crippen MR) is 198 cm³/mol. The van der Waals surface area contributed by atoms with E-state index in [0.717, 1.165) is 48.7 Å². The fourth-order valence-electron chi connectivity index (χ4n) is 9.65. The van der Waals surface area contributed by atoms with E-state index in [1.807, 2.05) is 0 Å². The second kappa shape index (κ2) is 22.9. The summed E-state index contributed by atoms with van der Waals surface area (Å²) in [4.78, 5) is 0. The third-order valence-electron chi connectivity index (χ3n) is 13.2. The van der Waals surface area contributed by atoms with Crippen molar-refractivity contribution in [1.29, 1.82) is 0 Å². The molecule has 0 aliphatic heterocycles. The predicted octanol–water partition coefficient (Wildman–Crippen LogP) is 14.4. The summed E-state index contributed by atoms with van der Waals surface area (Å²) in [6.07, 6.45) is 48.6. The molecule has 0 heterocycles. The Hall–Kier alpha value is -0.560. The van der Waals surface area contributed by atoms with Gasteiger partial charge < -0.3 is 4.74 Å². The van der Waals surface area contributed by atoms with Gasteiger partial charge in [0.15, 0.2) is 0 Å². The van der Waals surface area contributed by atoms with Gasteiger partial charge >= 0.3 is 0 Å². The molecule has 4 aliphatic carbocycles. The molecule has 2 saturated carbocycles. The van der Waals surface area contributed by atoms with Crippen LogP contribution in [0.5, 0.6) is 0 Å². The van der Waals surface area contributed by atoms with E-state index in [1.54, 1.807) is 11.1 Å². The van der Waals surface area contributed by atoms with Gasteiger partial charge in [0.2, 0.25) is 0 Å². The molecule has 4 aliphatic rings. The van der Waals surface area contributed by atoms with Crippen molar-refractivity contribution < 1.29 is 4.74 Å². The highest BCUT2D eigenvalue weighted by atomic mass is 16.5. The molecule has 2 fully saturated rings. The number of hydrogen-bond donors (Lipinski definition) is 0. The Bertz CT molecular complexity index is 726. The molecule has 2 atom stereocenters. The second-order valence-electron chi connectivity index (χ2n) is 16.7. The first-order valence-electron chi connectivity index (χ1n) is 21.1. The highest BCUT2D eigenvalue weighted by Crippen LogP contribution is 2.38. The van der Waals surface area contributed by atoms with E-state index >= 15 is 0 Å². The number of hydrogen-bond acceptors (Lipinski definition) is 1. The molecule has 4 rings (SSSR count). The Labute approximate surface area is 282 Å². The molecule has 45 heavy (non-hydrogen) atoms. The molecule has 0 aromatic carbocycles. The van der Waals surface area contributed by atoms with Crippen LogP contribution in [0.4, 0.5) is 0 Å². The standard InChI is InChI=1S/C44H78O/c1-3-5-7-9-11-37-13-17-39(18-14-37)21-23-41-25-29-43(30-26-41)33-35-45-36-34-44-31-27-42(28-32-44)24-22-40-19-15-38(16-20-40)12-10-8-6-4-2/h29,31,37-42H,3-28,30,32-36H2,1-2H3. The van der Waals surface area contributed by atoms with Crippen molar-refractivity contribution in [2.75, 3.05) is 13.2 Å². The Kier molecular flexibility index (Phi) is 19.0. The van der Waals surface area contributed by atoms with Gasteiger partial charge in [-0.25, -0.2) is 0 Å². The van der Waals surface area contributed by atoms with E-state index in [9.17, 15) is 0 Å². The molecular formula is C44H78O. The first kappa shape index (κ1) is 37.3. The largest absolute Gasteiger partial charge is 0.381 e. The molecule has 2 unspecified atom stereocenters. The zero-order valence-electron chi connectivity index (χ0n) is 30.7. The van der Waals surface area contributed by atoms with Gasteiger partial charge in [-0.15, -0.1) is 0 Å². The van der Waals surface area contributed by atoms with E-state index in [0.29, 0.717) is 0 Å². The highest BCUT2D eigenvalue weighted by Gasteiger charge is 2.24. The lowest BCUT2D eigenvalue weighted by Crippen LogP contribution is -2.16. The zero-order chi connectivity index (χ0) is 31.4. The van der Waals surface area contributed by atoms with Crippen LogP contribution in [-0.2, 0) is 4.74 Å². The molecule has 0 amide bonds. The summed E-state index contributed by atoms with van der Waals surface area (Å²) >= 11 is 0. The second-order valence-corrected chi connectivity index (χ2v) is 16.7. The van der Waals surface area contributed by atoms with Gasteiger partial charge in [0.25, 0.3) is 0 Å². The molecule has 0 radical (unpaired) electrons. The summed E-state index contributed by atoms with van der Waals surface area (Å²) in [5.74, 6) is 6.13. The average Bonchev–Trinajstić information content (AvgIpc) is 3.09. The third kappa shape index (κ3) is 15.5. The van der Waals surface area contributed by atoms with Crippen LogP contribution < -0.4 is 0 Å². The molecule has 0 saturated heterocycles. The van der Waals surface area contributed by atoms with Gasteiger partial charge in [0.1, 0.15) is 0 Å². The van der Waals surface area contributed by atoms with Crippen molar-refractivity contribution in [3.63, 3.8) is 0 Å². The lowest BCUT2D eigenvalue weighted by molar-refractivity contribution is 0.138. The lowest BCUT2D eigenvalue weighted by Gasteiger charge is -2.30. The van der Waals surface area contributed by atoms with Gasteiger partial charge in [-0.05, 0) is 99.7 Å². The van der Waals surface area contributed by atoms with Crippen LogP contribution in [0.15, 0.2) is 23.3 Å². The number of ether oxygens (including phenoxy) is 1. The van der Waals surface area contributed by atoms with Crippen molar-refractivity contribution in [2.45, 2.75) is 206 Å². The summed E-state index contributed by atoms with van der Waals surface area (Å²) in [5, 5.41) is 0. The van der Waals surface area contributed by atoms with Crippen LogP contribution in [0.2, 0.25) is 0 Å². The fraction of sp³-hybridized carbons (Fsp3) is 0.909. The maximum Gasteiger partial charge on any atom is 0.0503 e. The van der Waals surface area contributed by atoms with E-state index < -0.39 is 0 Å². The van der Waals surface area contributed by atoms with Gasteiger partial charge in [-0.1, -0.05) is 166 Å². The number of unbranched alkanes of at least 4 members (excludes halogenated alkanes) is 6. The molecule has 1 nitrogen and oxygen atoms in total. The molecule has 0 bridgehead atoms. The minimum Gasteiger partial charge on any atom is -0.381 e. The Morgan fingerprint density at radius 1 is 0.444 bits per heavy atom. The normalized spacial score (nSPS) is 29.4. The molecule has 1 heteroatoms. The topological polar surface area (TPSA) is 9.23 Å². The first-order chi connectivity index (χ1) is 22.2. The van der Waals surface area contributed by atoms with Crippen molar-refractivity contribution >= 4 is 0 Å². The first-order valence-corrected chi connectivity index (χ1v) is 21.1. The summed E-state index contributed by atoms with van der Waals surface area (Å²) < 4.78 is 6.16. The van der Waals surface area contributed by atoms with Gasteiger partial charge in [-0.3, -0.25) is 0 Å². The van der Waals surface area contributed by atoms with Crippen LogP contribution >= 0.6 is 0 Å². The van der Waals surface area contributed by atoms with Crippen LogP contribution in [-0.4, -0.2) is 13.2 Å². The lowest BCUT2D eigenvalue weighted by atomic mass is 9.76. The van der Waals surface area contributed by atoms with Gasteiger partial charge in [0.05, 0.1) is 13.2 Å². The van der Waals surface area contributed by atoms with E-state index in [1.165, 1.54) is 193 Å². The smallest absolute Gasteiger partial charge is 0.0503 e. The summed E-state index contributed by atoms with van der Waals surface area (Å²) in [6.45, 7) is 6.53. The van der Waals surface area contributed by atoms with Crippen molar-refractivity contribution in [1.82, 2.24) is 0 Å². The Balaban J connectivity index is 0.953. The Morgan fingerprint density at radius 3 is 1.18 bits per heavy atom. The molecule has 260 valence electrons. The molecule has 0 spiro atoms. The summed E-state index contributed by atoms with van der Waals surface area (Å²) in [5.41, 5.74) is 3.38. The van der Waals surface area contributed by atoms with Crippen LogP contribution in [0.25, 0.3) is 0 Å². The van der Waals surface area contributed by atoms with Crippen molar-refractivity contribution in [3.8, 4) is 0 Å². The summed E-state index contributed by atoms with van der Waals surface area (Å²) in [6, 6.07) is 0.